The van der Waals surface area contributed by atoms with E-state index in [4.69, 9.17) is 11.6 Å². The Morgan fingerprint density at radius 2 is 1.88 bits per heavy atom. The van der Waals surface area contributed by atoms with Crippen LogP contribution in [-0.2, 0) is 11.8 Å². The lowest BCUT2D eigenvalue weighted by Crippen LogP contribution is -2.47. The van der Waals surface area contributed by atoms with Crippen molar-refractivity contribution in [2.24, 2.45) is 12.5 Å². The van der Waals surface area contributed by atoms with Crippen molar-refractivity contribution in [3.8, 4) is 17.9 Å². The minimum absolute atomic E-state index is 0.0485. The average Bonchev–Trinajstić information content (AvgIpc) is 2.95. The maximum Gasteiger partial charge on any atom is 0.273 e. The fraction of sp³-hybridized carbons (Fsp3) is 0.360. The topological polar surface area (TPSA) is 92.0 Å². The molecule has 176 valence electrons. The van der Waals surface area contributed by atoms with Crippen molar-refractivity contribution >= 4 is 34.8 Å². The molecule has 1 aliphatic rings. The molecule has 1 aromatic heterocycles. The van der Waals surface area contributed by atoms with Gasteiger partial charge in [-0.05, 0) is 38.5 Å². The first-order valence-electron chi connectivity index (χ1n) is 10.4. The molecule has 1 N–H and O–H groups in total. The summed E-state index contributed by atoms with van der Waals surface area (Å²) < 4.78 is 28.4. The van der Waals surface area contributed by atoms with Crippen LogP contribution in [0.1, 0.15) is 63.9 Å². The molecule has 1 amide bonds. The molecular weight excluding hydrogens is 464 g/mol. The Labute approximate surface area is 200 Å². The highest BCUT2D eigenvalue weighted by Crippen LogP contribution is 2.54. The number of anilines is 1. The highest BCUT2D eigenvalue weighted by Gasteiger charge is 2.57. The van der Waals surface area contributed by atoms with Crippen molar-refractivity contribution in [2.75, 3.05) is 5.32 Å². The minimum Gasteiger partial charge on any atom is -0.342 e. The number of benzene rings is 1. The number of Topliss-reactive ketones (excluding diaryl/α,β-unsaturated/α-hetero) is 2. The normalized spacial score (nSPS) is 15.4. The van der Waals surface area contributed by atoms with Crippen LogP contribution in [0.2, 0.25) is 5.02 Å². The molecule has 0 aliphatic heterocycles. The van der Waals surface area contributed by atoms with Crippen LogP contribution in [0.4, 0.5) is 14.5 Å². The molecule has 0 atom stereocenters. The zero-order chi connectivity index (χ0) is 25.4. The number of carbonyl (C=O) groups excluding carboxylic acids is 3. The first-order chi connectivity index (χ1) is 15.8. The SMILES string of the molecule is CC#CC1(CC(=O)C(=O)c2c(Cl)c(C(=O)Nc3ccc(C)c(C#N)c3)n(C)c2C)CC(F)(F)C1. The summed E-state index contributed by atoms with van der Waals surface area (Å²) in [6.45, 7) is 4.78. The van der Waals surface area contributed by atoms with E-state index in [-0.39, 0.29) is 22.0 Å². The highest BCUT2D eigenvalue weighted by atomic mass is 35.5. The molecule has 1 saturated carbocycles. The minimum atomic E-state index is -2.92. The van der Waals surface area contributed by atoms with Gasteiger partial charge >= 0.3 is 0 Å². The highest BCUT2D eigenvalue weighted by molar-refractivity contribution is 6.49. The number of hydrogen-bond acceptors (Lipinski definition) is 4. The van der Waals surface area contributed by atoms with Crippen LogP contribution in [0.15, 0.2) is 18.2 Å². The van der Waals surface area contributed by atoms with Gasteiger partial charge in [-0.1, -0.05) is 23.6 Å². The number of carbonyl (C=O) groups is 3. The lowest BCUT2D eigenvalue weighted by atomic mass is 9.63. The van der Waals surface area contributed by atoms with E-state index in [9.17, 15) is 28.4 Å². The molecule has 1 aliphatic carbocycles. The van der Waals surface area contributed by atoms with Gasteiger partial charge in [-0.2, -0.15) is 5.26 Å². The number of amides is 1. The van der Waals surface area contributed by atoms with Gasteiger partial charge in [-0.15, -0.1) is 5.92 Å². The van der Waals surface area contributed by atoms with E-state index in [2.05, 4.69) is 17.2 Å². The summed E-state index contributed by atoms with van der Waals surface area (Å²) >= 11 is 6.39. The smallest absolute Gasteiger partial charge is 0.273 e. The number of rotatable bonds is 6. The van der Waals surface area contributed by atoms with Crippen LogP contribution in [0.5, 0.6) is 0 Å². The second-order valence-electron chi connectivity index (χ2n) is 8.57. The number of hydrogen-bond donors (Lipinski definition) is 1. The van der Waals surface area contributed by atoms with Crippen LogP contribution in [0.25, 0.3) is 0 Å². The molecule has 0 spiro atoms. The lowest BCUT2D eigenvalue weighted by Gasteiger charge is -2.43. The molecule has 0 radical (unpaired) electrons. The second-order valence-corrected chi connectivity index (χ2v) is 8.95. The van der Waals surface area contributed by atoms with Crippen molar-refractivity contribution in [1.82, 2.24) is 4.57 Å². The Kier molecular flexibility index (Phi) is 6.68. The number of ketones is 2. The first-order valence-corrected chi connectivity index (χ1v) is 10.8. The van der Waals surface area contributed by atoms with Gasteiger partial charge in [0.2, 0.25) is 11.6 Å². The molecule has 0 bridgehead atoms. The van der Waals surface area contributed by atoms with Gasteiger partial charge < -0.3 is 9.88 Å². The summed E-state index contributed by atoms with van der Waals surface area (Å²) in [5.41, 5.74) is 0.332. The van der Waals surface area contributed by atoms with E-state index >= 15 is 0 Å². The molecule has 0 saturated heterocycles. The average molecular weight is 486 g/mol. The van der Waals surface area contributed by atoms with Gasteiger partial charge in [-0.25, -0.2) is 8.78 Å². The summed E-state index contributed by atoms with van der Waals surface area (Å²) in [6, 6.07) is 6.84. The summed E-state index contributed by atoms with van der Waals surface area (Å²) in [6.07, 6.45) is -1.62. The van der Waals surface area contributed by atoms with E-state index in [0.29, 0.717) is 11.3 Å². The van der Waals surface area contributed by atoms with E-state index < -0.39 is 48.1 Å². The third-order valence-corrected chi connectivity index (χ3v) is 6.39. The molecule has 1 aromatic carbocycles. The summed E-state index contributed by atoms with van der Waals surface area (Å²) in [5.74, 6) is -0.164. The fourth-order valence-corrected chi connectivity index (χ4v) is 4.71. The summed E-state index contributed by atoms with van der Waals surface area (Å²) in [4.78, 5) is 38.7. The number of halogens is 3. The van der Waals surface area contributed by atoms with Gasteiger partial charge in [0, 0.05) is 37.7 Å². The van der Waals surface area contributed by atoms with Gasteiger partial charge in [0.25, 0.3) is 11.8 Å². The predicted molar refractivity (Wildman–Crippen MR) is 123 cm³/mol. The van der Waals surface area contributed by atoms with Gasteiger partial charge in [0.1, 0.15) is 5.69 Å². The largest absolute Gasteiger partial charge is 0.342 e. The van der Waals surface area contributed by atoms with Crippen LogP contribution in [0.3, 0.4) is 0 Å². The second kappa shape index (κ2) is 9.04. The number of aromatic nitrogens is 1. The molecule has 1 fully saturated rings. The van der Waals surface area contributed by atoms with Crippen LogP contribution >= 0.6 is 11.6 Å². The quantitative estimate of drug-likeness (QED) is 0.354. The van der Waals surface area contributed by atoms with Crippen molar-refractivity contribution in [3.05, 3.63) is 51.3 Å². The first kappa shape index (κ1) is 25.1. The summed E-state index contributed by atoms with van der Waals surface area (Å²) in [5, 5.41) is 11.6. The zero-order valence-corrected chi connectivity index (χ0v) is 19.9. The predicted octanol–water partition coefficient (Wildman–Crippen LogP) is 5.00. The molecule has 0 unspecified atom stereocenters. The molecule has 1 heterocycles. The Balaban J connectivity index is 1.87. The third kappa shape index (κ3) is 4.60. The molecule has 3 rings (SSSR count). The Hall–Kier alpha value is -3.49. The molecule has 2 aromatic rings. The molecule has 34 heavy (non-hydrogen) atoms. The van der Waals surface area contributed by atoms with Crippen molar-refractivity contribution in [1.29, 1.82) is 5.26 Å². The van der Waals surface area contributed by atoms with Crippen molar-refractivity contribution < 1.29 is 23.2 Å². The standard InChI is InChI=1S/C25H22ClF2N3O3/c1-5-8-24(12-25(27,28)13-24)10-18(32)22(33)19-15(3)31(4)21(20(19)26)23(34)30-17-7-6-14(2)16(9-17)11-29/h6-7,9H,10,12-13H2,1-4H3,(H,30,34). The van der Waals surface area contributed by atoms with Crippen LogP contribution < -0.4 is 5.32 Å². The van der Waals surface area contributed by atoms with Crippen LogP contribution in [-0.4, -0.2) is 28.0 Å². The number of nitrogens with one attached hydrogen (secondary N) is 1. The number of alkyl halides is 2. The van der Waals surface area contributed by atoms with E-state index in [1.54, 1.807) is 19.1 Å². The monoisotopic (exact) mass is 485 g/mol. The van der Waals surface area contributed by atoms with Gasteiger partial charge in [0.05, 0.1) is 27.6 Å². The Morgan fingerprint density at radius 1 is 1.24 bits per heavy atom. The third-order valence-electron chi connectivity index (χ3n) is 6.02. The van der Waals surface area contributed by atoms with Gasteiger partial charge in [0.15, 0.2) is 0 Å². The number of aryl methyl sites for hydroxylation is 1. The zero-order valence-electron chi connectivity index (χ0n) is 19.1. The maximum atomic E-state index is 13.5. The lowest BCUT2D eigenvalue weighted by molar-refractivity contribution is -0.146. The fourth-order valence-electron chi connectivity index (χ4n) is 4.27. The van der Waals surface area contributed by atoms with Crippen molar-refractivity contribution in [2.45, 2.75) is 46.0 Å². The maximum absolute atomic E-state index is 13.5. The van der Waals surface area contributed by atoms with Gasteiger partial charge in [-0.3, -0.25) is 14.4 Å². The molecule has 6 nitrogen and oxygen atoms in total. The molecular formula is C25H22ClF2N3O3. The number of nitriles is 1. The van der Waals surface area contributed by atoms with Crippen molar-refractivity contribution in [3.63, 3.8) is 0 Å². The molecule has 9 heteroatoms. The Bertz CT molecular complexity index is 1320. The Morgan fingerprint density at radius 3 is 2.44 bits per heavy atom. The van der Waals surface area contributed by atoms with Crippen LogP contribution in [0, 0.1) is 42.4 Å². The number of nitrogens with zero attached hydrogens (tertiary/aromatic N) is 2. The van der Waals surface area contributed by atoms with E-state index in [0.717, 1.165) is 5.56 Å². The summed E-state index contributed by atoms with van der Waals surface area (Å²) in [7, 11) is 1.52. The van der Waals surface area contributed by atoms with E-state index in [1.165, 1.54) is 31.5 Å². The van der Waals surface area contributed by atoms with E-state index in [1.807, 2.05) is 6.07 Å².